The molecule has 3 atom stereocenters. The topological polar surface area (TPSA) is 115 Å². The van der Waals surface area contributed by atoms with Gasteiger partial charge in [0, 0.05) is 45.5 Å². The number of nitrogens with zero attached hydrogens (tertiary/aromatic N) is 1. The molecule has 0 aliphatic carbocycles. The molecule has 3 heterocycles. The summed E-state index contributed by atoms with van der Waals surface area (Å²) in [5.74, 6) is 0.0420. The third-order valence-corrected chi connectivity index (χ3v) is 6.91. The number of rotatable bonds is 7. The van der Waals surface area contributed by atoms with Crippen LogP contribution in [-0.2, 0) is 23.8 Å². The molecular formula is C25H35N3O7. The number of nitrogens with one attached hydrogen (secondary N) is 2. The van der Waals surface area contributed by atoms with E-state index < -0.39 is 0 Å². The summed E-state index contributed by atoms with van der Waals surface area (Å²) in [6.45, 7) is 2.36. The maximum atomic E-state index is 13.4. The lowest BCUT2D eigenvalue weighted by molar-refractivity contribution is -0.134. The van der Waals surface area contributed by atoms with Crippen molar-refractivity contribution >= 4 is 23.4 Å². The first-order valence-electron chi connectivity index (χ1n) is 12.3. The van der Waals surface area contributed by atoms with Crippen LogP contribution in [0.4, 0.5) is 5.69 Å². The zero-order valence-electron chi connectivity index (χ0n) is 20.4. The maximum absolute atomic E-state index is 13.4. The Bertz CT molecular complexity index is 918. The van der Waals surface area contributed by atoms with E-state index in [1.54, 1.807) is 37.3 Å². The number of hydrogen-bond donors (Lipinski definition) is 2. The summed E-state index contributed by atoms with van der Waals surface area (Å²) >= 11 is 0. The molecule has 3 aliphatic heterocycles. The Morgan fingerprint density at radius 3 is 2.74 bits per heavy atom. The Kier molecular flexibility index (Phi) is 8.59. The van der Waals surface area contributed by atoms with Crippen molar-refractivity contribution in [3.63, 3.8) is 0 Å². The summed E-state index contributed by atoms with van der Waals surface area (Å²) in [6.07, 6.45) is 2.47. The van der Waals surface area contributed by atoms with E-state index in [-0.39, 0.29) is 54.9 Å². The number of amides is 3. The van der Waals surface area contributed by atoms with Gasteiger partial charge in [0.05, 0.1) is 30.7 Å². The monoisotopic (exact) mass is 489 g/mol. The summed E-state index contributed by atoms with van der Waals surface area (Å²) in [4.78, 5) is 39.9. The summed E-state index contributed by atoms with van der Waals surface area (Å²) in [7, 11) is 3.36. The Labute approximate surface area is 205 Å². The van der Waals surface area contributed by atoms with Crippen LogP contribution in [0, 0.1) is 5.92 Å². The molecule has 4 rings (SSSR count). The van der Waals surface area contributed by atoms with Crippen LogP contribution in [0.15, 0.2) is 18.2 Å². The Hall–Kier alpha value is -2.69. The molecule has 0 saturated carbocycles. The van der Waals surface area contributed by atoms with E-state index in [9.17, 15) is 14.4 Å². The minimum atomic E-state index is -0.337. The lowest BCUT2D eigenvalue weighted by Crippen LogP contribution is -2.54. The maximum Gasteiger partial charge on any atom is 0.257 e. The zero-order valence-corrected chi connectivity index (χ0v) is 20.4. The fraction of sp³-hybridized carbons (Fsp3) is 0.640. The number of ether oxygens (including phenoxy) is 4. The smallest absolute Gasteiger partial charge is 0.257 e. The molecule has 0 bridgehead atoms. The van der Waals surface area contributed by atoms with Crippen LogP contribution in [0.25, 0.3) is 0 Å². The van der Waals surface area contributed by atoms with Crippen molar-refractivity contribution in [1.29, 1.82) is 0 Å². The van der Waals surface area contributed by atoms with Crippen molar-refractivity contribution in [3.05, 3.63) is 23.8 Å². The standard InChI is InChI=1S/C25H35N3O7/c1-28-20-5-4-18(14-23(29)26-9-12-32-2)35-22(20)15-34-21-6-3-17(13-19(21)25(28)31)27-24(30)16-7-10-33-11-8-16/h3,6,13,16,18,20,22H,4-5,7-12,14-15H2,1-2H3,(H,26,29)(H,27,30)/t18-,20-,22+/m0/s1. The number of fused-ring (bicyclic) bond motifs is 2. The predicted octanol–water partition coefficient (Wildman–Crippen LogP) is 1.59. The second-order valence-electron chi connectivity index (χ2n) is 9.30. The molecule has 3 aliphatic rings. The molecule has 1 aromatic rings. The highest BCUT2D eigenvalue weighted by atomic mass is 16.5. The van der Waals surface area contributed by atoms with Gasteiger partial charge in [-0.3, -0.25) is 14.4 Å². The van der Waals surface area contributed by atoms with E-state index in [1.165, 1.54) is 0 Å². The fourth-order valence-corrected chi connectivity index (χ4v) is 4.88. The van der Waals surface area contributed by atoms with Crippen molar-refractivity contribution in [2.45, 2.75) is 50.4 Å². The average molecular weight is 490 g/mol. The van der Waals surface area contributed by atoms with Gasteiger partial charge >= 0.3 is 0 Å². The second kappa shape index (κ2) is 11.8. The van der Waals surface area contributed by atoms with Gasteiger partial charge in [0.15, 0.2) is 0 Å². The first-order chi connectivity index (χ1) is 17.0. The largest absolute Gasteiger partial charge is 0.490 e. The molecule has 2 saturated heterocycles. The highest BCUT2D eigenvalue weighted by molar-refractivity contribution is 6.00. The third kappa shape index (κ3) is 6.31. The number of carbonyl (C=O) groups is 3. The van der Waals surface area contributed by atoms with Crippen LogP contribution in [-0.4, -0.2) is 88.0 Å². The van der Waals surface area contributed by atoms with Crippen molar-refractivity contribution < 1.29 is 33.3 Å². The molecule has 0 unspecified atom stereocenters. The molecule has 10 nitrogen and oxygen atoms in total. The minimum Gasteiger partial charge on any atom is -0.490 e. The molecule has 2 N–H and O–H groups in total. The van der Waals surface area contributed by atoms with Gasteiger partial charge in [-0.1, -0.05) is 0 Å². The predicted molar refractivity (Wildman–Crippen MR) is 127 cm³/mol. The number of carbonyl (C=O) groups excluding carboxylic acids is 3. The summed E-state index contributed by atoms with van der Waals surface area (Å²) in [5.41, 5.74) is 0.984. The van der Waals surface area contributed by atoms with Gasteiger partial charge in [-0.25, -0.2) is 0 Å². The normalized spacial score (nSPS) is 24.9. The quantitative estimate of drug-likeness (QED) is 0.559. The molecule has 0 aromatic heterocycles. The summed E-state index contributed by atoms with van der Waals surface area (Å²) < 4.78 is 22.5. The molecule has 3 amide bonds. The van der Waals surface area contributed by atoms with Crippen molar-refractivity contribution in [3.8, 4) is 5.75 Å². The number of anilines is 1. The second-order valence-corrected chi connectivity index (χ2v) is 9.30. The SMILES string of the molecule is COCCNC(=O)C[C@@H]1CC[C@H]2[C@@H](COc3ccc(NC(=O)C4CCOCC4)cc3C(=O)N2C)O1. The van der Waals surface area contributed by atoms with Gasteiger partial charge in [0.25, 0.3) is 5.91 Å². The van der Waals surface area contributed by atoms with Gasteiger partial charge in [0.1, 0.15) is 18.5 Å². The molecule has 10 heteroatoms. The van der Waals surface area contributed by atoms with Crippen LogP contribution in [0.3, 0.4) is 0 Å². The Morgan fingerprint density at radius 1 is 1.17 bits per heavy atom. The van der Waals surface area contributed by atoms with Gasteiger partial charge in [-0.05, 0) is 43.9 Å². The number of hydrogen-bond acceptors (Lipinski definition) is 7. The van der Waals surface area contributed by atoms with Crippen LogP contribution in [0.2, 0.25) is 0 Å². The van der Waals surface area contributed by atoms with E-state index in [0.29, 0.717) is 69.0 Å². The van der Waals surface area contributed by atoms with E-state index in [4.69, 9.17) is 18.9 Å². The number of likely N-dealkylation sites (N-methyl/N-ethyl adjacent to an activating group) is 1. The van der Waals surface area contributed by atoms with Crippen molar-refractivity contribution in [2.24, 2.45) is 5.92 Å². The lowest BCUT2D eigenvalue weighted by Gasteiger charge is -2.42. The van der Waals surface area contributed by atoms with E-state index in [2.05, 4.69) is 10.6 Å². The lowest BCUT2D eigenvalue weighted by atomic mass is 9.94. The van der Waals surface area contributed by atoms with Crippen LogP contribution in [0.5, 0.6) is 5.75 Å². The molecule has 2 fully saturated rings. The molecule has 0 spiro atoms. The highest BCUT2D eigenvalue weighted by Crippen LogP contribution is 2.32. The first kappa shape index (κ1) is 25.4. The molecule has 1 aromatic carbocycles. The van der Waals surface area contributed by atoms with Gasteiger partial charge in [-0.2, -0.15) is 0 Å². The summed E-state index contributed by atoms with van der Waals surface area (Å²) in [6, 6.07) is 4.98. The van der Waals surface area contributed by atoms with Gasteiger partial charge < -0.3 is 34.5 Å². The minimum absolute atomic E-state index is 0.0566. The first-order valence-corrected chi connectivity index (χ1v) is 12.3. The molecule has 192 valence electrons. The number of methoxy groups -OCH3 is 1. The highest BCUT2D eigenvalue weighted by Gasteiger charge is 2.39. The van der Waals surface area contributed by atoms with Crippen molar-refractivity contribution in [2.75, 3.05) is 52.4 Å². The van der Waals surface area contributed by atoms with E-state index >= 15 is 0 Å². The Balaban J connectivity index is 1.40. The van der Waals surface area contributed by atoms with Gasteiger partial charge in [0.2, 0.25) is 11.8 Å². The average Bonchev–Trinajstić information content (AvgIpc) is 2.87. The van der Waals surface area contributed by atoms with Crippen LogP contribution >= 0.6 is 0 Å². The molecular weight excluding hydrogens is 454 g/mol. The van der Waals surface area contributed by atoms with Crippen LogP contribution in [0.1, 0.15) is 42.5 Å². The number of benzene rings is 1. The van der Waals surface area contributed by atoms with Gasteiger partial charge in [-0.15, -0.1) is 0 Å². The Morgan fingerprint density at radius 2 is 1.97 bits per heavy atom. The molecule has 35 heavy (non-hydrogen) atoms. The van der Waals surface area contributed by atoms with E-state index in [1.807, 2.05) is 0 Å². The fourth-order valence-electron chi connectivity index (χ4n) is 4.88. The van der Waals surface area contributed by atoms with Crippen molar-refractivity contribution in [1.82, 2.24) is 10.2 Å². The third-order valence-electron chi connectivity index (χ3n) is 6.91. The van der Waals surface area contributed by atoms with E-state index in [0.717, 1.165) is 0 Å². The summed E-state index contributed by atoms with van der Waals surface area (Å²) in [5, 5.41) is 5.76. The zero-order chi connectivity index (χ0) is 24.8. The molecule has 0 radical (unpaired) electrons. The van der Waals surface area contributed by atoms with Crippen LogP contribution < -0.4 is 15.4 Å².